The molecule has 0 radical (unpaired) electrons. The summed E-state index contributed by atoms with van der Waals surface area (Å²) < 4.78 is 2.09. The summed E-state index contributed by atoms with van der Waals surface area (Å²) >= 11 is 0. The van der Waals surface area contributed by atoms with Crippen molar-refractivity contribution >= 4 is 27.2 Å². The van der Waals surface area contributed by atoms with Crippen LogP contribution in [0.15, 0.2) is 109 Å². The van der Waals surface area contributed by atoms with Crippen LogP contribution in [0.3, 0.4) is 0 Å². The zero-order valence-corrected chi connectivity index (χ0v) is 25.8. The van der Waals surface area contributed by atoms with E-state index in [-0.39, 0.29) is 10.8 Å². The minimum atomic E-state index is -0.0183. The third kappa shape index (κ3) is 3.82. The van der Waals surface area contributed by atoms with Crippen molar-refractivity contribution in [1.82, 2.24) is 9.38 Å². The number of rotatable bonds is 2. The molecule has 2 nitrogen and oxygen atoms in total. The fraction of sp³-hybridized carbons (Fsp3) is 0.195. The van der Waals surface area contributed by atoms with Crippen LogP contribution in [0.4, 0.5) is 0 Å². The van der Waals surface area contributed by atoms with E-state index in [0.717, 1.165) is 16.9 Å². The van der Waals surface area contributed by atoms with E-state index in [4.69, 9.17) is 4.98 Å². The highest BCUT2D eigenvalue weighted by Crippen LogP contribution is 2.57. The van der Waals surface area contributed by atoms with Gasteiger partial charge >= 0.3 is 0 Å². The van der Waals surface area contributed by atoms with E-state index in [2.05, 4.69) is 143 Å². The van der Waals surface area contributed by atoms with Crippen molar-refractivity contribution < 1.29 is 0 Å². The summed E-state index contributed by atoms with van der Waals surface area (Å²) in [5.41, 5.74) is 14.0. The first-order valence-corrected chi connectivity index (χ1v) is 15.3. The number of benzene rings is 5. The molecular weight excluding hydrogens is 520 g/mol. The van der Waals surface area contributed by atoms with Crippen LogP contribution in [0.1, 0.15) is 52.7 Å². The summed E-state index contributed by atoms with van der Waals surface area (Å²) in [6.45, 7) is 14.2. The molecule has 0 fully saturated rings. The summed E-state index contributed by atoms with van der Waals surface area (Å²) in [5, 5.41) is 5.44. The lowest BCUT2D eigenvalue weighted by atomic mass is 9.72. The molecular formula is C41H36N2. The van der Waals surface area contributed by atoms with Gasteiger partial charge in [0.1, 0.15) is 5.65 Å². The summed E-state index contributed by atoms with van der Waals surface area (Å²) in [7, 11) is 0. The number of nitrogens with zero attached hydrogens (tertiary/aromatic N) is 2. The van der Waals surface area contributed by atoms with Crippen LogP contribution in [0.2, 0.25) is 0 Å². The largest absolute Gasteiger partial charge is 0.306 e. The number of imidazole rings is 1. The topological polar surface area (TPSA) is 17.3 Å². The maximum absolute atomic E-state index is 4.90. The Balaban J connectivity index is 1.42. The smallest absolute Gasteiger partial charge is 0.137 e. The standard InChI is InChI=1S/C41H36N2/c1-40(2,3)38-29-15-7-8-16-30(29)39(41(4,5)6)37-32-21-20-27(28-17-12-18-31(35(28)32)36(37)38)25-13-11-14-26(23-25)33-24-43-22-10-9-19-34(43)42-33/h7-24H,1-6H3. The molecule has 8 rings (SSSR count). The van der Waals surface area contributed by atoms with Crippen LogP contribution in [-0.4, -0.2) is 9.38 Å². The van der Waals surface area contributed by atoms with Crippen LogP contribution in [0.5, 0.6) is 0 Å². The quantitative estimate of drug-likeness (QED) is 0.207. The van der Waals surface area contributed by atoms with Gasteiger partial charge in [0, 0.05) is 18.0 Å². The summed E-state index contributed by atoms with van der Waals surface area (Å²) in [5.74, 6) is 0. The normalized spacial score (nSPS) is 12.9. The Labute approximate surface area is 253 Å². The van der Waals surface area contributed by atoms with Crippen molar-refractivity contribution in [2.24, 2.45) is 0 Å². The van der Waals surface area contributed by atoms with E-state index in [1.165, 1.54) is 66.1 Å². The molecule has 0 saturated heterocycles. The molecule has 210 valence electrons. The SMILES string of the molecule is CC(C)(C)c1c2c(c(C(C)(C)C)c3ccccc13)-c1ccc(-c3cccc(-c4cn5ccccc5n4)c3)c3cccc-2c13. The molecule has 1 aliphatic rings. The van der Waals surface area contributed by atoms with Gasteiger partial charge in [-0.3, -0.25) is 0 Å². The molecule has 1 aliphatic carbocycles. The Morgan fingerprint density at radius 2 is 1.12 bits per heavy atom. The Bertz CT molecular complexity index is 2150. The van der Waals surface area contributed by atoms with Crippen LogP contribution in [0.25, 0.3) is 71.8 Å². The van der Waals surface area contributed by atoms with Gasteiger partial charge in [-0.1, -0.05) is 120 Å². The number of pyridine rings is 1. The second-order valence-corrected chi connectivity index (χ2v) is 14.1. The highest BCUT2D eigenvalue weighted by Gasteiger charge is 2.36. The number of hydrogen-bond donors (Lipinski definition) is 0. The Hall–Kier alpha value is -4.69. The van der Waals surface area contributed by atoms with Gasteiger partial charge in [-0.05, 0) is 95.1 Å². The molecule has 0 bridgehead atoms. The van der Waals surface area contributed by atoms with E-state index in [9.17, 15) is 0 Å². The number of fused-ring (bicyclic) bond motifs is 5. The molecule has 2 aromatic heterocycles. The molecule has 0 amide bonds. The summed E-state index contributed by atoms with van der Waals surface area (Å²) in [4.78, 5) is 4.90. The van der Waals surface area contributed by atoms with Gasteiger partial charge in [0.15, 0.2) is 0 Å². The van der Waals surface area contributed by atoms with E-state index in [1.54, 1.807) is 0 Å². The molecule has 0 spiro atoms. The molecule has 7 aromatic rings. The fourth-order valence-electron chi connectivity index (χ4n) is 7.53. The lowest BCUT2D eigenvalue weighted by Crippen LogP contribution is -2.18. The van der Waals surface area contributed by atoms with E-state index < -0.39 is 0 Å². The lowest BCUT2D eigenvalue weighted by Gasteiger charge is -2.32. The zero-order valence-electron chi connectivity index (χ0n) is 25.8. The molecule has 2 heterocycles. The Morgan fingerprint density at radius 3 is 1.79 bits per heavy atom. The first-order valence-electron chi connectivity index (χ1n) is 15.3. The third-order valence-corrected chi connectivity index (χ3v) is 9.13. The van der Waals surface area contributed by atoms with Crippen molar-refractivity contribution in [3.8, 4) is 44.6 Å². The van der Waals surface area contributed by atoms with E-state index in [0.29, 0.717) is 0 Å². The van der Waals surface area contributed by atoms with Crippen molar-refractivity contribution in [2.75, 3.05) is 0 Å². The van der Waals surface area contributed by atoms with Crippen LogP contribution >= 0.6 is 0 Å². The number of aromatic nitrogens is 2. The average Bonchev–Trinajstić information content (AvgIpc) is 3.56. The van der Waals surface area contributed by atoms with Crippen molar-refractivity contribution in [3.05, 3.63) is 121 Å². The van der Waals surface area contributed by atoms with Gasteiger partial charge < -0.3 is 4.40 Å². The van der Waals surface area contributed by atoms with Gasteiger partial charge in [0.05, 0.1) is 5.69 Å². The molecule has 0 saturated carbocycles. The van der Waals surface area contributed by atoms with Crippen molar-refractivity contribution in [1.29, 1.82) is 0 Å². The molecule has 0 unspecified atom stereocenters. The third-order valence-electron chi connectivity index (χ3n) is 9.13. The first-order chi connectivity index (χ1) is 20.6. The molecule has 43 heavy (non-hydrogen) atoms. The van der Waals surface area contributed by atoms with Crippen LogP contribution < -0.4 is 0 Å². The second-order valence-electron chi connectivity index (χ2n) is 14.1. The summed E-state index contributed by atoms with van der Waals surface area (Å²) in [6.07, 6.45) is 4.17. The molecule has 0 aliphatic heterocycles. The highest BCUT2D eigenvalue weighted by atomic mass is 15.0. The number of hydrogen-bond acceptors (Lipinski definition) is 1. The lowest BCUT2D eigenvalue weighted by molar-refractivity contribution is 0.588. The van der Waals surface area contributed by atoms with Crippen molar-refractivity contribution in [2.45, 2.75) is 52.4 Å². The maximum atomic E-state index is 4.90. The van der Waals surface area contributed by atoms with Gasteiger partial charge in [-0.25, -0.2) is 4.98 Å². The molecule has 5 aromatic carbocycles. The predicted molar refractivity (Wildman–Crippen MR) is 183 cm³/mol. The minimum Gasteiger partial charge on any atom is -0.306 e. The summed E-state index contributed by atoms with van der Waals surface area (Å²) in [6, 6.07) is 35.7. The monoisotopic (exact) mass is 556 g/mol. The van der Waals surface area contributed by atoms with Gasteiger partial charge in [-0.15, -0.1) is 0 Å². The van der Waals surface area contributed by atoms with E-state index in [1.807, 2.05) is 12.1 Å². The minimum absolute atomic E-state index is 0.0183. The van der Waals surface area contributed by atoms with Crippen molar-refractivity contribution in [3.63, 3.8) is 0 Å². The molecule has 0 N–H and O–H groups in total. The fourth-order valence-corrected chi connectivity index (χ4v) is 7.53. The highest BCUT2D eigenvalue weighted by molar-refractivity contribution is 6.22. The van der Waals surface area contributed by atoms with Gasteiger partial charge in [-0.2, -0.15) is 0 Å². The van der Waals surface area contributed by atoms with Gasteiger partial charge in [0.2, 0.25) is 0 Å². The van der Waals surface area contributed by atoms with Crippen LogP contribution in [0, 0.1) is 0 Å². The Morgan fingerprint density at radius 1 is 0.535 bits per heavy atom. The molecule has 0 atom stereocenters. The van der Waals surface area contributed by atoms with Gasteiger partial charge in [0.25, 0.3) is 0 Å². The van der Waals surface area contributed by atoms with E-state index >= 15 is 0 Å². The second kappa shape index (κ2) is 8.91. The predicted octanol–water partition coefficient (Wildman–Crippen LogP) is 11.2. The first kappa shape index (κ1) is 26.0. The molecule has 2 heteroatoms. The Kier molecular flexibility index (Phi) is 5.38. The maximum Gasteiger partial charge on any atom is 0.137 e. The average molecular weight is 557 g/mol. The zero-order chi connectivity index (χ0) is 29.7. The van der Waals surface area contributed by atoms with Crippen LogP contribution in [-0.2, 0) is 10.8 Å².